The fraction of sp³-hybridized carbons (Fsp3) is 0.125. The van der Waals surface area contributed by atoms with Crippen LogP contribution in [-0.2, 0) is 11.2 Å². The average Bonchev–Trinajstić information content (AvgIpc) is 2.41. The molecule has 0 atom stereocenters. The van der Waals surface area contributed by atoms with Gasteiger partial charge in [-0.1, -0.05) is 30.3 Å². The molecule has 0 aromatic heterocycles. The van der Waals surface area contributed by atoms with Crippen molar-refractivity contribution < 1.29 is 14.7 Å². The smallest absolute Gasteiger partial charge is 0.335 e. The highest BCUT2D eigenvalue weighted by atomic mass is 16.4. The Labute approximate surface area is 117 Å². The van der Waals surface area contributed by atoms with E-state index in [9.17, 15) is 9.59 Å². The van der Waals surface area contributed by atoms with Crippen molar-refractivity contribution in [1.29, 1.82) is 0 Å². The SMILES string of the molecule is Cc1ccccc1CC(=O)Nc1cccc(C(=O)O)c1. The van der Waals surface area contributed by atoms with Crippen molar-refractivity contribution in [3.63, 3.8) is 0 Å². The standard InChI is InChI=1S/C16H15NO3/c1-11-5-2-3-6-12(11)10-15(18)17-14-8-4-7-13(9-14)16(19)20/h2-9H,10H2,1H3,(H,17,18)(H,19,20). The predicted octanol–water partition coefficient (Wildman–Crippen LogP) is 2.87. The van der Waals surface area contributed by atoms with E-state index < -0.39 is 5.97 Å². The number of hydrogen-bond donors (Lipinski definition) is 2. The van der Waals surface area contributed by atoms with Crippen molar-refractivity contribution in [1.82, 2.24) is 0 Å². The van der Waals surface area contributed by atoms with Gasteiger partial charge < -0.3 is 10.4 Å². The fourth-order valence-electron chi connectivity index (χ4n) is 1.92. The molecule has 0 saturated carbocycles. The lowest BCUT2D eigenvalue weighted by atomic mass is 10.1. The summed E-state index contributed by atoms with van der Waals surface area (Å²) in [7, 11) is 0. The lowest BCUT2D eigenvalue weighted by Crippen LogP contribution is -2.15. The maximum Gasteiger partial charge on any atom is 0.335 e. The molecule has 2 aromatic carbocycles. The van der Waals surface area contributed by atoms with Crippen LogP contribution in [0.4, 0.5) is 5.69 Å². The summed E-state index contributed by atoms with van der Waals surface area (Å²) >= 11 is 0. The monoisotopic (exact) mass is 269 g/mol. The zero-order valence-corrected chi connectivity index (χ0v) is 11.1. The molecule has 0 aliphatic rings. The summed E-state index contributed by atoms with van der Waals surface area (Å²) in [6, 6.07) is 13.9. The quantitative estimate of drug-likeness (QED) is 0.896. The van der Waals surface area contributed by atoms with Gasteiger partial charge in [0.1, 0.15) is 0 Å². The molecule has 2 rings (SSSR count). The first kappa shape index (κ1) is 13.8. The van der Waals surface area contributed by atoms with E-state index in [0.717, 1.165) is 11.1 Å². The maximum absolute atomic E-state index is 12.0. The second-order valence-corrected chi connectivity index (χ2v) is 4.54. The molecule has 0 heterocycles. The van der Waals surface area contributed by atoms with E-state index >= 15 is 0 Å². The van der Waals surface area contributed by atoms with Gasteiger partial charge in [-0.05, 0) is 36.2 Å². The zero-order valence-electron chi connectivity index (χ0n) is 11.1. The van der Waals surface area contributed by atoms with Crippen molar-refractivity contribution in [2.75, 3.05) is 5.32 Å². The number of aryl methyl sites for hydroxylation is 1. The number of benzene rings is 2. The minimum absolute atomic E-state index is 0.152. The van der Waals surface area contributed by atoms with E-state index in [0.29, 0.717) is 5.69 Å². The van der Waals surface area contributed by atoms with Gasteiger partial charge in [0, 0.05) is 5.69 Å². The number of carbonyl (C=O) groups excluding carboxylic acids is 1. The first-order valence-corrected chi connectivity index (χ1v) is 6.24. The highest BCUT2D eigenvalue weighted by Crippen LogP contribution is 2.13. The number of hydrogen-bond acceptors (Lipinski definition) is 2. The Balaban J connectivity index is 2.07. The zero-order chi connectivity index (χ0) is 14.5. The van der Waals surface area contributed by atoms with Crippen LogP contribution in [0, 0.1) is 6.92 Å². The molecular weight excluding hydrogens is 254 g/mol. The van der Waals surface area contributed by atoms with Crippen LogP contribution in [0.1, 0.15) is 21.5 Å². The summed E-state index contributed by atoms with van der Waals surface area (Å²) in [6.07, 6.45) is 0.268. The number of nitrogens with one attached hydrogen (secondary N) is 1. The third-order valence-corrected chi connectivity index (χ3v) is 3.01. The van der Waals surface area contributed by atoms with Crippen molar-refractivity contribution in [2.24, 2.45) is 0 Å². The molecule has 0 unspecified atom stereocenters. The molecule has 2 N–H and O–H groups in total. The minimum Gasteiger partial charge on any atom is -0.478 e. The first-order chi connectivity index (χ1) is 9.56. The van der Waals surface area contributed by atoms with Crippen molar-refractivity contribution in [3.05, 3.63) is 65.2 Å². The molecule has 2 aromatic rings. The second kappa shape index (κ2) is 6.02. The Hall–Kier alpha value is -2.62. The largest absolute Gasteiger partial charge is 0.478 e. The normalized spacial score (nSPS) is 10.1. The summed E-state index contributed by atoms with van der Waals surface area (Å²) in [5.74, 6) is -1.18. The van der Waals surface area contributed by atoms with Crippen molar-refractivity contribution in [3.8, 4) is 0 Å². The summed E-state index contributed by atoms with van der Waals surface area (Å²) < 4.78 is 0. The molecule has 0 bridgehead atoms. The third-order valence-electron chi connectivity index (χ3n) is 3.01. The molecule has 0 fully saturated rings. The van der Waals surface area contributed by atoms with Gasteiger partial charge in [-0.3, -0.25) is 4.79 Å². The number of carboxylic acids is 1. The van der Waals surface area contributed by atoms with Crippen LogP contribution >= 0.6 is 0 Å². The molecular formula is C16H15NO3. The van der Waals surface area contributed by atoms with Crippen LogP contribution in [0.2, 0.25) is 0 Å². The van der Waals surface area contributed by atoms with E-state index in [1.165, 1.54) is 12.1 Å². The van der Waals surface area contributed by atoms with Crippen LogP contribution in [0.15, 0.2) is 48.5 Å². The number of amides is 1. The van der Waals surface area contributed by atoms with Crippen molar-refractivity contribution >= 4 is 17.6 Å². The van der Waals surface area contributed by atoms with E-state index in [1.54, 1.807) is 12.1 Å². The van der Waals surface area contributed by atoms with Gasteiger partial charge in [-0.25, -0.2) is 4.79 Å². The molecule has 4 nitrogen and oxygen atoms in total. The molecule has 0 spiro atoms. The molecule has 1 amide bonds. The lowest BCUT2D eigenvalue weighted by Gasteiger charge is -2.08. The van der Waals surface area contributed by atoms with E-state index in [-0.39, 0.29) is 17.9 Å². The highest BCUT2D eigenvalue weighted by molar-refractivity contribution is 5.94. The van der Waals surface area contributed by atoms with Gasteiger partial charge in [0.05, 0.1) is 12.0 Å². The Kier molecular flexibility index (Phi) is 4.15. The fourth-order valence-corrected chi connectivity index (χ4v) is 1.92. The van der Waals surface area contributed by atoms with Gasteiger partial charge in [0.15, 0.2) is 0 Å². The number of carbonyl (C=O) groups is 2. The Morgan fingerprint density at radius 2 is 1.85 bits per heavy atom. The Morgan fingerprint density at radius 1 is 1.10 bits per heavy atom. The topological polar surface area (TPSA) is 66.4 Å². The summed E-state index contributed by atoms with van der Waals surface area (Å²) in [5, 5.41) is 11.6. The molecule has 0 aliphatic heterocycles. The Bertz CT molecular complexity index is 650. The summed E-state index contributed by atoms with van der Waals surface area (Å²) in [5.41, 5.74) is 2.66. The van der Waals surface area contributed by atoms with E-state index in [4.69, 9.17) is 5.11 Å². The highest BCUT2D eigenvalue weighted by Gasteiger charge is 2.08. The van der Waals surface area contributed by atoms with Crippen molar-refractivity contribution in [2.45, 2.75) is 13.3 Å². The van der Waals surface area contributed by atoms with Crippen LogP contribution in [0.5, 0.6) is 0 Å². The molecule has 20 heavy (non-hydrogen) atoms. The first-order valence-electron chi connectivity index (χ1n) is 6.24. The summed E-state index contributed by atoms with van der Waals surface area (Å²) in [4.78, 5) is 22.8. The molecule has 0 saturated heterocycles. The van der Waals surface area contributed by atoms with Crippen LogP contribution < -0.4 is 5.32 Å². The number of anilines is 1. The van der Waals surface area contributed by atoms with Gasteiger partial charge in [0.2, 0.25) is 5.91 Å². The third kappa shape index (κ3) is 3.45. The van der Waals surface area contributed by atoms with E-state index in [2.05, 4.69) is 5.32 Å². The van der Waals surface area contributed by atoms with Gasteiger partial charge >= 0.3 is 5.97 Å². The van der Waals surface area contributed by atoms with Crippen LogP contribution in [0.25, 0.3) is 0 Å². The van der Waals surface area contributed by atoms with Crippen LogP contribution in [0.3, 0.4) is 0 Å². The van der Waals surface area contributed by atoms with Gasteiger partial charge in [-0.2, -0.15) is 0 Å². The summed E-state index contributed by atoms with van der Waals surface area (Å²) in [6.45, 7) is 1.95. The number of aromatic carboxylic acids is 1. The maximum atomic E-state index is 12.0. The number of rotatable bonds is 4. The van der Waals surface area contributed by atoms with Crippen LogP contribution in [-0.4, -0.2) is 17.0 Å². The lowest BCUT2D eigenvalue weighted by molar-refractivity contribution is -0.115. The van der Waals surface area contributed by atoms with E-state index in [1.807, 2.05) is 31.2 Å². The molecule has 0 radical (unpaired) electrons. The minimum atomic E-state index is -1.01. The number of carboxylic acid groups (broad SMARTS) is 1. The average molecular weight is 269 g/mol. The molecule has 102 valence electrons. The predicted molar refractivity (Wildman–Crippen MR) is 76.9 cm³/mol. The Morgan fingerprint density at radius 3 is 2.55 bits per heavy atom. The molecule has 0 aliphatic carbocycles. The molecule has 4 heteroatoms. The van der Waals surface area contributed by atoms with Gasteiger partial charge in [-0.15, -0.1) is 0 Å². The second-order valence-electron chi connectivity index (χ2n) is 4.54. The van der Waals surface area contributed by atoms with Gasteiger partial charge in [0.25, 0.3) is 0 Å².